The summed E-state index contributed by atoms with van der Waals surface area (Å²) in [6.07, 6.45) is 8.36. The molecule has 0 N–H and O–H groups in total. The first-order valence-electron chi connectivity index (χ1n) is 14.6. The van der Waals surface area contributed by atoms with Crippen molar-refractivity contribution < 1.29 is 9.53 Å². The number of allylic oxidation sites excluding steroid dienone is 1. The highest BCUT2D eigenvalue weighted by Gasteiger charge is 2.67. The van der Waals surface area contributed by atoms with E-state index in [9.17, 15) is 4.79 Å². The second kappa shape index (κ2) is 8.39. The second-order valence-electron chi connectivity index (χ2n) is 13.0. The number of aromatic nitrogens is 1. The van der Waals surface area contributed by atoms with Crippen LogP contribution in [0.25, 0.3) is 16.6 Å². The van der Waals surface area contributed by atoms with E-state index < -0.39 is 0 Å². The Balaban J connectivity index is 1.19. The number of methoxy groups -OCH3 is 1. The van der Waals surface area contributed by atoms with Gasteiger partial charge < -0.3 is 19.1 Å². The van der Waals surface area contributed by atoms with Gasteiger partial charge in [0, 0.05) is 52.5 Å². The van der Waals surface area contributed by atoms with Crippen LogP contribution in [0.2, 0.25) is 0 Å². The van der Waals surface area contributed by atoms with Crippen LogP contribution in [0, 0.1) is 17.3 Å². The first kappa shape index (κ1) is 24.1. The second-order valence-corrected chi connectivity index (χ2v) is 13.9. The zero-order valence-electron chi connectivity index (χ0n) is 23.1. The van der Waals surface area contributed by atoms with Crippen molar-refractivity contribution in [3.8, 4) is 5.75 Å². The molecule has 3 aromatic rings. The minimum Gasteiger partial charge on any atom is -0.495 e. The Bertz CT molecular complexity index is 1580. The van der Waals surface area contributed by atoms with E-state index in [0.29, 0.717) is 11.5 Å². The fourth-order valence-electron chi connectivity index (χ4n) is 8.44. The van der Waals surface area contributed by atoms with Crippen molar-refractivity contribution >= 4 is 44.1 Å². The summed E-state index contributed by atoms with van der Waals surface area (Å²) in [7, 11) is 3.91. The summed E-state index contributed by atoms with van der Waals surface area (Å²) >= 11 is 3.68. The summed E-state index contributed by atoms with van der Waals surface area (Å²) in [5.74, 6) is 2.60. The SMILES string of the molecule is COc1cc(C(=O)N2CC34CC(CC23)C4)cc2c1N(C)C(c1cc3cc(Br)ccc3n1CC1CC1)=C(C)CC2. The van der Waals surface area contributed by atoms with Crippen molar-refractivity contribution in [3.05, 3.63) is 63.3 Å². The van der Waals surface area contributed by atoms with Crippen LogP contribution in [0.5, 0.6) is 5.75 Å². The molecule has 9 rings (SSSR count). The average molecular weight is 587 g/mol. The van der Waals surface area contributed by atoms with Crippen molar-refractivity contribution in [1.82, 2.24) is 9.47 Å². The third-order valence-corrected chi connectivity index (χ3v) is 11.0. The summed E-state index contributed by atoms with van der Waals surface area (Å²) in [6, 6.07) is 13.6. The number of carbonyl (C=O) groups excluding carboxylic acids is 1. The molecule has 5 fully saturated rings. The van der Waals surface area contributed by atoms with E-state index >= 15 is 0 Å². The quantitative estimate of drug-likeness (QED) is 0.316. The van der Waals surface area contributed by atoms with Gasteiger partial charge in [0.15, 0.2) is 0 Å². The van der Waals surface area contributed by atoms with E-state index in [4.69, 9.17) is 4.74 Å². The van der Waals surface area contributed by atoms with Gasteiger partial charge in [-0.25, -0.2) is 0 Å². The van der Waals surface area contributed by atoms with Crippen molar-refractivity contribution in [2.75, 3.05) is 25.6 Å². The molecule has 1 amide bonds. The molecule has 1 unspecified atom stereocenters. The van der Waals surface area contributed by atoms with Gasteiger partial charge in [-0.15, -0.1) is 0 Å². The van der Waals surface area contributed by atoms with Gasteiger partial charge in [-0.1, -0.05) is 15.9 Å². The van der Waals surface area contributed by atoms with Crippen LogP contribution in [0.1, 0.15) is 67.1 Å². The number of halogens is 1. The normalized spacial score (nSPS) is 27.2. The fraction of sp³-hybridized carbons (Fsp3) is 0.485. The number of benzene rings is 2. The highest BCUT2D eigenvalue weighted by atomic mass is 79.9. The Morgan fingerprint density at radius 3 is 2.69 bits per heavy atom. The number of amides is 1. The van der Waals surface area contributed by atoms with Gasteiger partial charge >= 0.3 is 0 Å². The molecule has 0 radical (unpaired) electrons. The molecule has 2 aromatic carbocycles. The molecule has 2 aliphatic heterocycles. The number of likely N-dealkylation sites (tertiary alicyclic amines) is 1. The van der Waals surface area contributed by atoms with E-state index in [1.807, 2.05) is 6.07 Å². The number of ether oxygens (including phenoxy) is 1. The van der Waals surface area contributed by atoms with Crippen molar-refractivity contribution in [3.63, 3.8) is 0 Å². The van der Waals surface area contributed by atoms with E-state index in [2.05, 4.69) is 74.6 Å². The summed E-state index contributed by atoms with van der Waals surface area (Å²) in [5.41, 5.74) is 8.74. The number of hydrogen-bond acceptors (Lipinski definition) is 3. The van der Waals surface area contributed by atoms with Crippen molar-refractivity contribution in [2.45, 2.75) is 64.5 Å². The molecule has 4 saturated carbocycles. The van der Waals surface area contributed by atoms with Crippen molar-refractivity contribution in [1.29, 1.82) is 0 Å². The molecule has 1 spiro atoms. The lowest BCUT2D eigenvalue weighted by atomic mass is 9.63. The molecule has 5 nitrogen and oxygen atoms in total. The predicted molar refractivity (Wildman–Crippen MR) is 159 cm³/mol. The van der Waals surface area contributed by atoms with Gasteiger partial charge in [-0.3, -0.25) is 4.79 Å². The maximum Gasteiger partial charge on any atom is 0.254 e. The Morgan fingerprint density at radius 1 is 1.13 bits per heavy atom. The highest BCUT2D eigenvalue weighted by molar-refractivity contribution is 9.10. The Morgan fingerprint density at radius 2 is 1.95 bits per heavy atom. The molecule has 6 aliphatic rings. The van der Waals surface area contributed by atoms with Crippen LogP contribution in [0.4, 0.5) is 5.69 Å². The van der Waals surface area contributed by atoms with Gasteiger partial charge in [0.1, 0.15) is 5.75 Å². The van der Waals surface area contributed by atoms with E-state index in [1.165, 1.54) is 65.5 Å². The Kier molecular flexibility index (Phi) is 5.18. The largest absolute Gasteiger partial charge is 0.495 e. The lowest BCUT2D eigenvalue weighted by Gasteiger charge is -2.56. The van der Waals surface area contributed by atoms with Crippen LogP contribution < -0.4 is 9.64 Å². The molecule has 6 heteroatoms. The number of rotatable bonds is 5. The number of anilines is 1. The Labute approximate surface area is 238 Å². The smallest absolute Gasteiger partial charge is 0.254 e. The minimum atomic E-state index is 0.186. The number of nitrogens with zero attached hydrogens (tertiary/aromatic N) is 3. The molecule has 1 aromatic heterocycles. The van der Waals surface area contributed by atoms with Gasteiger partial charge in [-0.05, 0) is 111 Å². The van der Waals surface area contributed by atoms with E-state index in [0.717, 1.165) is 59.2 Å². The van der Waals surface area contributed by atoms with Gasteiger partial charge in [0.05, 0.1) is 24.2 Å². The van der Waals surface area contributed by atoms with E-state index in [1.54, 1.807) is 7.11 Å². The summed E-state index contributed by atoms with van der Waals surface area (Å²) in [6.45, 7) is 4.28. The Hall–Kier alpha value is -2.73. The highest BCUT2D eigenvalue weighted by Crippen LogP contribution is 2.66. The third-order valence-electron chi connectivity index (χ3n) is 10.5. The first-order valence-corrected chi connectivity index (χ1v) is 15.4. The topological polar surface area (TPSA) is 37.7 Å². The van der Waals surface area contributed by atoms with Crippen LogP contribution in [0.3, 0.4) is 0 Å². The number of hydrogen-bond donors (Lipinski definition) is 0. The molecular formula is C33H36BrN3O2. The molecule has 39 heavy (non-hydrogen) atoms. The maximum atomic E-state index is 13.7. The molecule has 3 heterocycles. The number of carbonyl (C=O) groups is 1. The summed E-state index contributed by atoms with van der Waals surface area (Å²) < 4.78 is 9.67. The first-order chi connectivity index (χ1) is 18.8. The zero-order chi connectivity index (χ0) is 26.6. The predicted octanol–water partition coefficient (Wildman–Crippen LogP) is 7.26. The zero-order valence-corrected chi connectivity index (χ0v) is 24.7. The third kappa shape index (κ3) is 3.52. The summed E-state index contributed by atoms with van der Waals surface area (Å²) in [5, 5.41) is 1.27. The minimum absolute atomic E-state index is 0.186. The number of aryl methyl sites for hydroxylation is 1. The van der Waals surface area contributed by atoms with Crippen LogP contribution in [-0.2, 0) is 13.0 Å². The monoisotopic (exact) mass is 585 g/mol. The van der Waals surface area contributed by atoms with Crippen LogP contribution in [-0.4, -0.2) is 42.1 Å². The van der Waals surface area contributed by atoms with Crippen LogP contribution >= 0.6 is 15.9 Å². The molecule has 2 bridgehead atoms. The molecule has 202 valence electrons. The van der Waals surface area contributed by atoms with Gasteiger partial charge in [0.25, 0.3) is 5.91 Å². The standard InChI is InChI=1S/C33H36BrN3O2/c1-19-4-7-22-11-24(32(38)37-18-33-15-21(16-33)10-29(33)37)14-28(39-3)31(22)35(2)30(19)27-13-23-12-25(34)8-9-26(23)36(27)17-20-5-6-20/h8-9,11-14,20-21,29H,4-7,10,15-18H2,1-3H3. The van der Waals surface area contributed by atoms with Crippen molar-refractivity contribution in [2.24, 2.45) is 17.3 Å². The molecular weight excluding hydrogens is 550 g/mol. The molecule has 4 aliphatic carbocycles. The molecule has 1 atom stereocenters. The molecule has 1 saturated heterocycles. The van der Waals surface area contributed by atoms with Crippen LogP contribution in [0.15, 0.2) is 46.4 Å². The van der Waals surface area contributed by atoms with Gasteiger partial charge in [-0.2, -0.15) is 0 Å². The average Bonchev–Trinajstić information content (AvgIpc) is 3.54. The summed E-state index contributed by atoms with van der Waals surface area (Å²) in [4.78, 5) is 18.2. The van der Waals surface area contributed by atoms with E-state index in [-0.39, 0.29) is 5.91 Å². The fourth-order valence-corrected chi connectivity index (χ4v) is 8.82. The number of fused-ring (bicyclic) bond motifs is 2. The maximum absolute atomic E-state index is 13.7. The lowest BCUT2D eigenvalue weighted by molar-refractivity contribution is -0.0552. The lowest BCUT2D eigenvalue weighted by Crippen LogP contribution is -2.64. The van der Waals surface area contributed by atoms with Gasteiger partial charge in [0.2, 0.25) is 0 Å².